The van der Waals surface area contributed by atoms with Gasteiger partial charge in [-0.25, -0.2) is 4.79 Å². The van der Waals surface area contributed by atoms with E-state index in [0.29, 0.717) is 12.2 Å². The number of hydrogen-bond donors (Lipinski definition) is 0. The minimum atomic E-state index is -0.320. The van der Waals surface area contributed by atoms with E-state index in [-0.39, 0.29) is 5.97 Å². The van der Waals surface area contributed by atoms with Gasteiger partial charge >= 0.3 is 5.97 Å². The molecule has 0 aromatic heterocycles. The molecule has 0 heterocycles. The summed E-state index contributed by atoms with van der Waals surface area (Å²) in [6.07, 6.45) is 1.78. The average Bonchev–Trinajstić information content (AvgIpc) is 2.54. The molecule has 0 aliphatic rings. The van der Waals surface area contributed by atoms with Crippen LogP contribution >= 0.6 is 0 Å². The van der Waals surface area contributed by atoms with Crippen LogP contribution in [-0.2, 0) is 16.1 Å². The third kappa shape index (κ3) is 4.49. The predicted molar refractivity (Wildman–Crippen MR) is 82.9 cm³/mol. The highest BCUT2D eigenvalue weighted by Gasteiger charge is 2.03. The summed E-state index contributed by atoms with van der Waals surface area (Å²) in [6.45, 7) is 2.27. The second-order valence-corrected chi connectivity index (χ2v) is 4.66. The van der Waals surface area contributed by atoms with Gasteiger partial charge in [-0.3, -0.25) is 0 Å². The first-order chi connectivity index (χ1) is 10.2. The summed E-state index contributed by atoms with van der Waals surface area (Å²) in [6, 6.07) is 17.6. The Labute approximate surface area is 124 Å². The Morgan fingerprint density at radius 3 is 2.33 bits per heavy atom. The van der Waals surface area contributed by atoms with Crippen molar-refractivity contribution in [2.45, 2.75) is 13.5 Å². The van der Waals surface area contributed by atoms with Gasteiger partial charge in [0, 0.05) is 5.57 Å². The molecule has 0 fully saturated rings. The van der Waals surface area contributed by atoms with E-state index in [1.54, 1.807) is 13.0 Å². The Kier molecular flexibility index (Phi) is 5.16. The van der Waals surface area contributed by atoms with Gasteiger partial charge in [0.05, 0.1) is 7.11 Å². The minimum absolute atomic E-state index is 0.320. The number of hydrogen-bond acceptors (Lipinski definition) is 3. The van der Waals surface area contributed by atoms with Crippen LogP contribution in [0.15, 0.2) is 60.2 Å². The maximum Gasteiger partial charge on any atom is 0.333 e. The van der Waals surface area contributed by atoms with Crippen molar-refractivity contribution >= 4 is 12.0 Å². The van der Waals surface area contributed by atoms with Crippen LogP contribution in [0.25, 0.3) is 6.08 Å². The van der Waals surface area contributed by atoms with Crippen LogP contribution in [-0.4, -0.2) is 13.1 Å². The van der Waals surface area contributed by atoms with Crippen molar-refractivity contribution in [2.75, 3.05) is 7.11 Å². The van der Waals surface area contributed by atoms with Gasteiger partial charge in [-0.15, -0.1) is 0 Å². The molecule has 0 aliphatic carbocycles. The maximum atomic E-state index is 11.3. The third-order valence-corrected chi connectivity index (χ3v) is 3.02. The van der Waals surface area contributed by atoms with E-state index in [0.717, 1.165) is 16.9 Å². The van der Waals surface area contributed by atoms with E-state index >= 15 is 0 Å². The zero-order valence-electron chi connectivity index (χ0n) is 12.2. The van der Waals surface area contributed by atoms with E-state index in [9.17, 15) is 4.79 Å². The van der Waals surface area contributed by atoms with Crippen LogP contribution in [0, 0.1) is 0 Å². The summed E-state index contributed by atoms with van der Waals surface area (Å²) in [4.78, 5) is 11.3. The quantitative estimate of drug-likeness (QED) is 0.617. The molecule has 0 aliphatic heterocycles. The Balaban J connectivity index is 1.97. The number of esters is 1. The monoisotopic (exact) mass is 282 g/mol. The van der Waals surface area contributed by atoms with Gasteiger partial charge in [0.15, 0.2) is 0 Å². The zero-order valence-corrected chi connectivity index (χ0v) is 12.2. The van der Waals surface area contributed by atoms with Crippen LogP contribution in [0.2, 0.25) is 0 Å². The van der Waals surface area contributed by atoms with Gasteiger partial charge in [0.2, 0.25) is 0 Å². The Morgan fingerprint density at radius 1 is 1.05 bits per heavy atom. The van der Waals surface area contributed by atoms with Crippen molar-refractivity contribution in [2.24, 2.45) is 0 Å². The first kappa shape index (κ1) is 14.9. The lowest BCUT2D eigenvalue weighted by Gasteiger charge is -2.06. The second kappa shape index (κ2) is 7.29. The van der Waals surface area contributed by atoms with E-state index < -0.39 is 0 Å². The smallest absolute Gasteiger partial charge is 0.333 e. The molecule has 0 saturated heterocycles. The van der Waals surface area contributed by atoms with Crippen LogP contribution < -0.4 is 4.74 Å². The van der Waals surface area contributed by atoms with Crippen molar-refractivity contribution in [1.82, 2.24) is 0 Å². The molecule has 0 atom stereocenters. The number of methoxy groups -OCH3 is 1. The van der Waals surface area contributed by atoms with E-state index in [1.165, 1.54) is 7.11 Å². The molecule has 3 heteroatoms. The highest BCUT2D eigenvalue weighted by Crippen LogP contribution is 2.16. The zero-order chi connectivity index (χ0) is 15.1. The first-order valence-electron chi connectivity index (χ1n) is 6.72. The second-order valence-electron chi connectivity index (χ2n) is 4.66. The molecule has 0 N–H and O–H groups in total. The maximum absolute atomic E-state index is 11.3. The Morgan fingerprint density at radius 2 is 1.71 bits per heavy atom. The first-order valence-corrected chi connectivity index (χ1v) is 6.72. The van der Waals surface area contributed by atoms with Crippen molar-refractivity contribution in [3.63, 3.8) is 0 Å². The van der Waals surface area contributed by atoms with Gasteiger partial charge < -0.3 is 9.47 Å². The number of rotatable bonds is 5. The van der Waals surface area contributed by atoms with Crippen LogP contribution in [0.3, 0.4) is 0 Å². The van der Waals surface area contributed by atoms with E-state index in [1.807, 2.05) is 54.6 Å². The standard InChI is InChI=1S/C18H18O3/c1-14(18(19)20-2)12-15-8-10-17(11-9-15)21-13-16-6-4-3-5-7-16/h3-12H,13H2,1-2H3. The van der Waals surface area contributed by atoms with Crippen molar-refractivity contribution in [1.29, 1.82) is 0 Å². The molecule has 2 rings (SSSR count). The molecular weight excluding hydrogens is 264 g/mol. The van der Waals surface area contributed by atoms with Gasteiger partial charge in [-0.05, 0) is 36.3 Å². The SMILES string of the molecule is COC(=O)C(C)=Cc1ccc(OCc2ccccc2)cc1. The molecule has 0 saturated carbocycles. The van der Waals surface area contributed by atoms with Crippen LogP contribution in [0.5, 0.6) is 5.75 Å². The van der Waals surface area contributed by atoms with Gasteiger partial charge in [-0.2, -0.15) is 0 Å². The fourth-order valence-electron chi connectivity index (χ4n) is 1.87. The lowest BCUT2D eigenvalue weighted by Crippen LogP contribution is -2.00. The summed E-state index contributed by atoms with van der Waals surface area (Å²) in [7, 11) is 1.38. The molecular formula is C18H18O3. The molecule has 108 valence electrons. The largest absolute Gasteiger partial charge is 0.489 e. The average molecular weight is 282 g/mol. The molecule has 21 heavy (non-hydrogen) atoms. The van der Waals surface area contributed by atoms with Crippen LogP contribution in [0.4, 0.5) is 0 Å². The summed E-state index contributed by atoms with van der Waals surface area (Å²) in [5.41, 5.74) is 2.63. The molecule has 0 spiro atoms. The highest BCUT2D eigenvalue weighted by atomic mass is 16.5. The van der Waals surface area contributed by atoms with E-state index in [2.05, 4.69) is 4.74 Å². The third-order valence-electron chi connectivity index (χ3n) is 3.02. The number of ether oxygens (including phenoxy) is 2. The molecule has 0 unspecified atom stereocenters. The fourth-order valence-corrected chi connectivity index (χ4v) is 1.87. The highest BCUT2D eigenvalue weighted by molar-refractivity contribution is 5.92. The summed E-state index contributed by atoms with van der Waals surface area (Å²) < 4.78 is 10.4. The van der Waals surface area contributed by atoms with Gasteiger partial charge in [0.25, 0.3) is 0 Å². The normalized spacial score (nSPS) is 11.0. The van der Waals surface area contributed by atoms with Crippen molar-refractivity contribution in [3.05, 3.63) is 71.3 Å². The summed E-state index contributed by atoms with van der Waals surface area (Å²) >= 11 is 0. The topological polar surface area (TPSA) is 35.5 Å². The lowest BCUT2D eigenvalue weighted by molar-refractivity contribution is -0.135. The molecule has 3 nitrogen and oxygen atoms in total. The number of carbonyl (C=O) groups excluding carboxylic acids is 1. The number of carbonyl (C=O) groups is 1. The van der Waals surface area contributed by atoms with E-state index in [4.69, 9.17) is 4.74 Å². The minimum Gasteiger partial charge on any atom is -0.489 e. The number of benzene rings is 2. The van der Waals surface area contributed by atoms with Crippen LogP contribution in [0.1, 0.15) is 18.1 Å². The van der Waals surface area contributed by atoms with Gasteiger partial charge in [-0.1, -0.05) is 42.5 Å². The molecule has 2 aromatic carbocycles. The van der Waals surface area contributed by atoms with Gasteiger partial charge in [0.1, 0.15) is 12.4 Å². The lowest BCUT2D eigenvalue weighted by atomic mass is 10.1. The predicted octanol–water partition coefficient (Wildman–Crippen LogP) is 3.84. The van der Waals surface area contributed by atoms with Crippen molar-refractivity contribution < 1.29 is 14.3 Å². The Bertz CT molecular complexity index is 613. The molecule has 0 amide bonds. The Hall–Kier alpha value is -2.55. The van der Waals surface area contributed by atoms with Crippen molar-refractivity contribution in [3.8, 4) is 5.75 Å². The molecule has 0 bridgehead atoms. The summed E-state index contributed by atoms with van der Waals surface area (Å²) in [5.74, 6) is 0.478. The molecule has 2 aromatic rings. The fraction of sp³-hybridized carbons (Fsp3) is 0.167. The molecule has 0 radical (unpaired) electrons. The summed E-state index contributed by atoms with van der Waals surface area (Å²) in [5, 5.41) is 0.